The molecule has 0 amide bonds. The zero-order valence-electron chi connectivity index (χ0n) is 14.1. The lowest BCUT2D eigenvalue weighted by Crippen LogP contribution is -2.23. The molecule has 3 heterocycles. The van der Waals surface area contributed by atoms with Crippen LogP contribution in [0.5, 0.6) is 0 Å². The first-order chi connectivity index (χ1) is 11.0. The van der Waals surface area contributed by atoms with Crippen LogP contribution in [0.2, 0.25) is 0 Å². The van der Waals surface area contributed by atoms with Crippen LogP contribution >= 0.6 is 0 Å². The van der Waals surface area contributed by atoms with Gasteiger partial charge in [-0.25, -0.2) is 9.97 Å². The number of aromatic amines is 1. The monoisotopic (exact) mass is 315 g/mol. The summed E-state index contributed by atoms with van der Waals surface area (Å²) in [6.07, 6.45) is 2.36. The summed E-state index contributed by atoms with van der Waals surface area (Å²) in [5.41, 5.74) is 3.05. The van der Waals surface area contributed by atoms with Gasteiger partial charge in [0.05, 0.1) is 11.8 Å². The molecule has 0 spiro atoms. The Morgan fingerprint density at radius 3 is 2.78 bits per heavy atom. The van der Waals surface area contributed by atoms with Crippen LogP contribution in [-0.4, -0.2) is 44.5 Å². The second-order valence-electron chi connectivity index (χ2n) is 6.51. The molecule has 0 aromatic carbocycles. The number of β-amino-alcohol motifs (C(OH)–C–C–N with tert-alkyl or cyclic N) is 1. The van der Waals surface area contributed by atoms with Crippen molar-refractivity contribution in [2.45, 2.75) is 46.1 Å². The van der Waals surface area contributed by atoms with E-state index in [4.69, 9.17) is 0 Å². The van der Waals surface area contributed by atoms with Crippen LogP contribution in [0.1, 0.15) is 36.3 Å². The Morgan fingerprint density at radius 1 is 1.26 bits per heavy atom. The highest BCUT2D eigenvalue weighted by atomic mass is 16.3. The molecular formula is C17H25N5O. The van der Waals surface area contributed by atoms with Crippen molar-refractivity contribution in [3.63, 3.8) is 0 Å². The van der Waals surface area contributed by atoms with Gasteiger partial charge in [-0.1, -0.05) is 6.92 Å². The van der Waals surface area contributed by atoms with Gasteiger partial charge in [0.15, 0.2) is 0 Å². The Kier molecular flexibility index (Phi) is 4.61. The van der Waals surface area contributed by atoms with Crippen LogP contribution in [0.4, 0.5) is 5.82 Å². The molecule has 2 aromatic rings. The standard InChI is InChI=1S/C17H25N5O/c1-4-5-16-18-11(2)7-17(19-16)22-9-13(15(23)10-22)8-14-6-12(3)20-21-14/h6-7,13,15,23H,4-5,8-10H2,1-3H3,(H,20,21)/t13-,15+/m1/s1. The molecule has 0 saturated carbocycles. The molecule has 6 heteroatoms. The Balaban J connectivity index is 1.72. The van der Waals surface area contributed by atoms with Crippen LogP contribution in [0, 0.1) is 19.8 Å². The third-order valence-corrected chi connectivity index (χ3v) is 4.32. The number of anilines is 1. The van der Waals surface area contributed by atoms with Crippen molar-refractivity contribution in [2.75, 3.05) is 18.0 Å². The van der Waals surface area contributed by atoms with E-state index in [2.05, 4.69) is 32.0 Å². The number of hydrogen-bond donors (Lipinski definition) is 2. The summed E-state index contributed by atoms with van der Waals surface area (Å²) in [5.74, 6) is 2.01. The lowest BCUT2D eigenvalue weighted by Gasteiger charge is -2.18. The van der Waals surface area contributed by atoms with Gasteiger partial charge in [-0.2, -0.15) is 5.10 Å². The number of aliphatic hydroxyl groups is 1. The maximum atomic E-state index is 10.4. The van der Waals surface area contributed by atoms with E-state index >= 15 is 0 Å². The minimum Gasteiger partial charge on any atom is -0.391 e. The number of aryl methyl sites for hydroxylation is 3. The van der Waals surface area contributed by atoms with E-state index in [1.54, 1.807) is 0 Å². The predicted molar refractivity (Wildman–Crippen MR) is 89.5 cm³/mol. The fourth-order valence-electron chi connectivity index (χ4n) is 3.20. The molecule has 0 bridgehead atoms. The SMILES string of the molecule is CCCc1nc(C)cc(N2C[C@@H](Cc3cc(C)[nH]n3)[C@@H](O)C2)n1. The largest absolute Gasteiger partial charge is 0.391 e. The van der Waals surface area contributed by atoms with E-state index in [1.165, 1.54) is 0 Å². The van der Waals surface area contributed by atoms with Crippen molar-refractivity contribution >= 4 is 5.82 Å². The molecule has 6 nitrogen and oxygen atoms in total. The first kappa shape index (κ1) is 15.9. The average Bonchev–Trinajstić information content (AvgIpc) is 3.06. The lowest BCUT2D eigenvalue weighted by molar-refractivity contribution is 0.148. The maximum Gasteiger partial charge on any atom is 0.132 e. The van der Waals surface area contributed by atoms with Crippen LogP contribution in [0.3, 0.4) is 0 Å². The molecule has 124 valence electrons. The summed E-state index contributed by atoms with van der Waals surface area (Å²) in [6, 6.07) is 4.05. The molecule has 0 aliphatic carbocycles. The number of nitrogens with zero attached hydrogens (tertiary/aromatic N) is 4. The molecule has 0 radical (unpaired) electrons. The molecule has 1 aliphatic heterocycles. The summed E-state index contributed by atoms with van der Waals surface area (Å²) >= 11 is 0. The number of aliphatic hydroxyl groups excluding tert-OH is 1. The van der Waals surface area contributed by atoms with Crippen molar-refractivity contribution in [1.29, 1.82) is 0 Å². The smallest absolute Gasteiger partial charge is 0.132 e. The van der Waals surface area contributed by atoms with Gasteiger partial charge >= 0.3 is 0 Å². The van der Waals surface area contributed by atoms with E-state index in [1.807, 2.05) is 26.0 Å². The highest BCUT2D eigenvalue weighted by Crippen LogP contribution is 2.25. The molecule has 1 aliphatic rings. The first-order valence-corrected chi connectivity index (χ1v) is 8.33. The topological polar surface area (TPSA) is 77.9 Å². The minimum atomic E-state index is -0.350. The van der Waals surface area contributed by atoms with E-state index < -0.39 is 0 Å². The van der Waals surface area contributed by atoms with Crippen molar-refractivity contribution < 1.29 is 5.11 Å². The van der Waals surface area contributed by atoms with Gasteiger partial charge in [0.2, 0.25) is 0 Å². The number of aromatic nitrogens is 4. The van der Waals surface area contributed by atoms with Crippen molar-refractivity contribution in [3.05, 3.63) is 35.0 Å². The van der Waals surface area contributed by atoms with Gasteiger partial charge in [-0.05, 0) is 32.8 Å². The van der Waals surface area contributed by atoms with Gasteiger partial charge in [-0.15, -0.1) is 0 Å². The summed E-state index contributed by atoms with van der Waals surface area (Å²) in [7, 11) is 0. The number of rotatable bonds is 5. The van der Waals surface area contributed by atoms with E-state index in [0.717, 1.165) is 54.5 Å². The molecule has 1 fully saturated rings. The number of nitrogens with one attached hydrogen (secondary N) is 1. The Morgan fingerprint density at radius 2 is 2.09 bits per heavy atom. The molecular weight excluding hydrogens is 290 g/mol. The summed E-state index contributed by atoms with van der Waals surface area (Å²) in [6.45, 7) is 7.55. The van der Waals surface area contributed by atoms with Crippen LogP contribution in [0.15, 0.2) is 12.1 Å². The Labute approximate surface area is 137 Å². The van der Waals surface area contributed by atoms with Crippen LogP contribution in [-0.2, 0) is 12.8 Å². The number of hydrogen-bond acceptors (Lipinski definition) is 5. The molecule has 0 unspecified atom stereocenters. The second-order valence-corrected chi connectivity index (χ2v) is 6.51. The van der Waals surface area contributed by atoms with E-state index in [0.29, 0.717) is 6.54 Å². The van der Waals surface area contributed by atoms with Crippen molar-refractivity contribution in [2.24, 2.45) is 5.92 Å². The van der Waals surface area contributed by atoms with Gasteiger partial charge in [-0.3, -0.25) is 5.10 Å². The Bertz CT molecular complexity index is 669. The normalized spacial score (nSPS) is 21.1. The predicted octanol–water partition coefficient (Wildman–Crippen LogP) is 1.81. The van der Waals surface area contributed by atoms with Gasteiger partial charge in [0.1, 0.15) is 11.6 Å². The zero-order valence-corrected chi connectivity index (χ0v) is 14.1. The molecule has 3 rings (SSSR count). The fourth-order valence-corrected chi connectivity index (χ4v) is 3.20. The highest BCUT2D eigenvalue weighted by molar-refractivity contribution is 5.41. The summed E-state index contributed by atoms with van der Waals surface area (Å²) in [4.78, 5) is 11.3. The quantitative estimate of drug-likeness (QED) is 0.880. The molecule has 23 heavy (non-hydrogen) atoms. The Hall–Kier alpha value is -1.95. The third-order valence-electron chi connectivity index (χ3n) is 4.32. The zero-order chi connectivity index (χ0) is 16.4. The molecule has 1 saturated heterocycles. The van der Waals surface area contributed by atoms with Gasteiger partial charge < -0.3 is 10.0 Å². The highest BCUT2D eigenvalue weighted by Gasteiger charge is 2.32. The number of H-pyrrole nitrogens is 1. The third kappa shape index (κ3) is 3.69. The fraction of sp³-hybridized carbons (Fsp3) is 0.588. The van der Waals surface area contributed by atoms with Crippen molar-refractivity contribution in [3.8, 4) is 0 Å². The minimum absolute atomic E-state index is 0.183. The van der Waals surface area contributed by atoms with Gasteiger partial charge in [0.25, 0.3) is 0 Å². The van der Waals surface area contributed by atoms with Crippen LogP contribution in [0.25, 0.3) is 0 Å². The van der Waals surface area contributed by atoms with Crippen LogP contribution < -0.4 is 4.90 Å². The maximum absolute atomic E-state index is 10.4. The van der Waals surface area contributed by atoms with E-state index in [-0.39, 0.29) is 12.0 Å². The average molecular weight is 315 g/mol. The molecule has 2 atom stereocenters. The van der Waals surface area contributed by atoms with Gasteiger partial charge in [0, 0.05) is 42.9 Å². The lowest BCUT2D eigenvalue weighted by atomic mass is 10.0. The first-order valence-electron chi connectivity index (χ1n) is 8.33. The van der Waals surface area contributed by atoms with E-state index in [9.17, 15) is 5.11 Å². The summed E-state index contributed by atoms with van der Waals surface area (Å²) in [5, 5.41) is 17.7. The summed E-state index contributed by atoms with van der Waals surface area (Å²) < 4.78 is 0. The second kappa shape index (κ2) is 6.66. The van der Waals surface area contributed by atoms with Crippen molar-refractivity contribution in [1.82, 2.24) is 20.2 Å². The molecule has 2 N–H and O–H groups in total. The molecule has 2 aromatic heterocycles.